The molecule has 1 aliphatic carbocycles. The normalized spacial score (nSPS) is 27.5. The van der Waals surface area contributed by atoms with Crippen LogP contribution in [0.5, 0.6) is 6.01 Å². The standard InChI is InChI=1S/C27H32FN9O2S2/c1-16(38)9-37(25(12-30)4-5-25)23-32-22(33-24(34-23)39-15-26-3-2-6-36(26)10-17(28)7-26)35-13-27(14-35)20-18(8-29)21(31)41-19(20)11-40-27/h16-17,38H,2-7,9-11,13-15,31H2,1H3/t16?,17-,26+/m1/s1. The van der Waals surface area contributed by atoms with E-state index in [0.29, 0.717) is 61.4 Å². The summed E-state index contributed by atoms with van der Waals surface area (Å²) in [5.41, 5.74) is 6.63. The molecule has 6 heterocycles. The molecule has 4 fully saturated rings. The van der Waals surface area contributed by atoms with Crippen LogP contribution in [0.15, 0.2) is 0 Å². The molecule has 1 unspecified atom stereocenters. The van der Waals surface area contributed by atoms with Gasteiger partial charge in [0.25, 0.3) is 0 Å². The number of nitrogens with two attached hydrogens (primary N) is 1. The van der Waals surface area contributed by atoms with Gasteiger partial charge >= 0.3 is 6.01 Å². The van der Waals surface area contributed by atoms with Crippen LogP contribution >= 0.6 is 23.1 Å². The van der Waals surface area contributed by atoms with Crippen LogP contribution in [-0.2, 0) is 10.5 Å². The summed E-state index contributed by atoms with van der Waals surface area (Å²) in [5, 5.41) is 30.6. The number of ether oxygens (including phenoxy) is 1. The lowest BCUT2D eigenvalue weighted by molar-refractivity contribution is 0.107. The summed E-state index contributed by atoms with van der Waals surface area (Å²) in [6.07, 6.45) is 2.05. The highest BCUT2D eigenvalue weighted by atomic mass is 32.2. The Kier molecular flexibility index (Phi) is 6.28. The van der Waals surface area contributed by atoms with Gasteiger partial charge in [-0.2, -0.15) is 25.5 Å². The second-order valence-corrected chi connectivity index (χ2v) is 14.6. The third kappa shape index (κ3) is 4.30. The minimum Gasteiger partial charge on any atom is -0.461 e. The van der Waals surface area contributed by atoms with Gasteiger partial charge in [-0.3, -0.25) is 4.90 Å². The lowest BCUT2D eigenvalue weighted by atomic mass is 9.88. The predicted molar refractivity (Wildman–Crippen MR) is 154 cm³/mol. The number of halogens is 1. The van der Waals surface area contributed by atoms with Gasteiger partial charge in [-0.1, -0.05) is 0 Å². The molecule has 3 N–H and O–H groups in total. The van der Waals surface area contributed by atoms with Gasteiger partial charge in [0.1, 0.15) is 29.4 Å². The van der Waals surface area contributed by atoms with Gasteiger partial charge in [-0.05, 0) is 39.2 Å². The number of rotatable bonds is 8. The highest BCUT2D eigenvalue weighted by Gasteiger charge is 2.54. The number of nitrogens with zero attached hydrogens (tertiary/aromatic N) is 8. The molecule has 1 spiro atoms. The Balaban J connectivity index is 1.20. The zero-order valence-corrected chi connectivity index (χ0v) is 24.5. The minimum atomic E-state index is -0.870. The smallest absolute Gasteiger partial charge is 0.323 e. The average molecular weight is 598 g/mol. The van der Waals surface area contributed by atoms with Crippen LogP contribution in [0.3, 0.4) is 0 Å². The maximum absolute atomic E-state index is 14.4. The topological polar surface area (TPSA) is 151 Å². The van der Waals surface area contributed by atoms with E-state index >= 15 is 0 Å². The van der Waals surface area contributed by atoms with Gasteiger partial charge in [-0.15, -0.1) is 23.1 Å². The minimum absolute atomic E-state index is 0.135. The van der Waals surface area contributed by atoms with E-state index < -0.39 is 17.8 Å². The van der Waals surface area contributed by atoms with E-state index in [1.165, 1.54) is 11.3 Å². The zero-order chi connectivity index (χ0) is 28.6. The molecular weight excluding hydrogens is 565 g/mol. The molecule has 0 radical (unpaired) electrons. The van der Waals surface area contributed by atoms with Crippen LogP contribution in [0, 0.1) is 22.7 Å². The molecule has 7 rings (SSSR count). The van der Waals surface area contributed by atoms with E-state index in [4.69, 9.17) is 20.4 Å². The van der Waals surface area contributed by atoms with Crippen molar-refractivity contribution in [1.82, 2.24) is 19.9 Å². The van der Waals surface area contributed by atoms with Crippen molar-refractivity contribution in [3.05, 3.63) is 16.0 Å². The molecule has 216 valence electrons. The fraction of sp³-hybridized carbons (Fsp3) is 0.667. The number of alkyl halides is 1. The lowest BCUT2D eigenvalue weighted by Gasteiger charge is -2.47. The molecule has 11 nitrogen and oxygen atoms in total. The summed E-state index contributed by atoms with van der Waals surface area (Å²) in [4.78, 5) is 21.3. The summed E-state index contributed by atoms with van der Waals surface area (Å²) >= 11 is 3.31. The quantitative estimate of drug-likeness (QED) is 0.460. The molecule has 0 aromatic carbocycles. The van der Waals surface area contributed by atoms with Crippen LogP contribution < -0.4 is 20.3 Å². The Morgan fingerprint density at radius 2 is 2.07 bits per heavy atom. The van der Waals surface area contributed by atoms with E-state index in [2.05, 4.69) is 22.0 Å². The van der Waals surface area contributed by atoms with Gasteiger partial charge in [0.05, 0.1) is 28.0 Å². The molecular formula is C27H32FN9O2S2. The Hall–Kier alpha value is -2.91. The highest BCUT2D eigenvalue weighted by Crippen LogP contribution is 2.58. The number of hydrogen-bond donors (Lipinski definition) is 2. The Morgan fingerprint density at radius 1 is 1.27 bits per heavy atom. The number of anilines is 3. The number of nitrogen functional groups attached to an aromatic ring is 1. The second-order valence-electron chi connectivity index (χ2n) is 12.1. The number of thioether (sulfide) groups is 1. The first-order chi connectivity index (χ1) is 19.7. The SMILES string of the molecule is CC(O)CN(c1nc(OC[C@@]23CCCN2C[C@H](F)C3)nc(N2CC3(C2)SCc2sc(N)c(C#N)c23)n1)C1(C#N)CC1. The Labute approximate surface area is 246 Å². The number of aromatic nitrogens is 3. The van der Waals surface area contributed by atoms with Crippen molar-refractivity contribution in [2.24, 2.45) is 0 Å². The van der Waals surface area contributed by atoms with E-state index in [0.717, 1.165) is 35.6 Å². The van der Waals surface area contributed by atoms with Gasteiger partial charge < -0.3 is 25.4 Å². The van der Waals surface area contributed by atoms with Crippen molar-refractivity contribution in [3.8, 4) is 18.1 Å². The van der Waals surface area contributed by atoms with Crippen LogP contribution in [0.25, 0.3) is 0 Å². The molecule has 3 saturated heterocycles. The molecule has 14 heteroatoms. The maximum Gasteiger partial charge on any atom is 0.323 e. The van der Waals surface area contributed by atoms with E-state index in [1.807, 2.05) is 16.7 Å². The molecule has 4 aliphatic heterocycles. The number of β-amino-alcohol motifs (C(OH)–C–C–N with tert-alkyl or cyclic N) is 1. The highest BCUT2D eigenvalue weighted by molar-refractivity contribution is 8.00. The zero-order valence-electron chi connectivity index (χ0n) is 22.8. The molecule has 41 heavy (non-hydrogen) atoms. The van der Waals surface area contributed by atoms with Crippen molar-refractivity contribution < 1.29 is 14.2 Å². The summed E-state index contributed by atoms with van der Waals surface area (Å²) in [6, 6.07) is 4.83. The first-order valence-electron chi connectivity index (χ1n) is 14.1. The Bertz CT molecular complexity index is 1460. The van der Waals surface area contributed by atoms with Crippen LogP contribution in [0.1, 0.15) is 55.0 Å². The first kappa shape index (κ1) is 27.0. The van der Waals surface area contributed by atoms with Crippen LogP contribution in [0.4, 0.5) is 21.3 Å². The maximum atomic E-state index is 14.4. The third-order valence-electron chi connectivity index (χ3n) is 9.19. The molecule has 0 bridgehead atoms. The summed E-state index contributed by atoms with van der Waals surface area (Å²) < 4.78 is 20.4. The molecule has 0 amide bonds. The summed E-state index contributed by atoms with van der Waals surface area (Å²) in [7, 11) is 0. The van der Waals surface area contributed by atoms with Crippen LogP contribution in [-0.4, -0.2) is 87.6 Å². The fourth-order valence-corrected chi connectivity index (χ4v) is 9.82. The van der Waals surface area contributed by atoms with Gasteiger partial charge in [0.2, 0.25) is 11.9 Å². The van der Waals surface area contributed by atoms with Crippen LogP contribution in [0.2, 0.25) is 0 Å². The van der Waals surface area contributed by atoms with E-state index in [1.54, 1.807) is 11.8 Å². The lowest BCUT2D eigenvalue weighted by Crippen LogP contribution is -2.57. The average Bonchev–Trinajstić information content (AvgIpc) is 3.13. The number of fused-ring (bicyclic) bond motifs is 3. The monoisotopic (exact) mass is 597 g/mol. The number of aliphatic hydroxyl groups is 1. The largest absolute Gasteiger partial charge is 0.461 e. The number of aliphatic hydroxyl groups excluding tert-OH is 1. The number of hydrogen-bond acceptors (Lipinski definition) is 13. The van der Waals surface area contributed by atoms with Gasteiger partial charge in [-0.25, -0.2) is 4.39 Å². The molecule has 2 aromatic heterocycles. The predicted octanol–water partition coefficient (Wildman–Crippen LogP) is 2.55. The molecule has 5 aliphatic rings. The van der Waals surface area contributed by atoms with Crippen molar-refractivity contribution >= 4 is 40.0 Å². The fourth-order valence-electron chi connectivity index (χ4n) is 7.01. The molecule has 2 aromatic rings. The first-order valence-corrected chi connectivity index (χ1v) is 15.9. The molecule has 1 saturated carbocycles. The summed E-state index contributed by atoms with van der Waals surface area (Å²) in [6.45, 7) is 4.63. The van der Waals surface area contributed by atoms with Crippen molar-refractivity contribution in [2.45, 2.75) is 72.9 Å². The van der Waals surface area contributed by atoms with Gasteiger partial charge in [0, 0.05) is 48.8 Å². The van der Waals surface area contributed by atoms with E-state index in [9.17, 15) is 20.0 Å². The third-order valence-corrected chi connectivity index (χ3v) is 11.8. The Morgan fingerprint density at radius 3 is 2.78 bits per heavy atom. The van der Waals surface area contributed by atoms with Crippen molar-refractivity contribution in [3.63, 3.8) is 0 Å². The van der Waals surface area contributed by atoms with Gasteiger partial charge in [0.15, 0.2) is 0 Å². The number of thiophene rings is 1. The summed E-state index contributed by atoms with van der Waals surface area (Å²) in [5.74, 6) is 1.53. The van der Waals surface area contributed by atoms with Crippen molar-refractivity contribution in [1.29, 1.82) is 10.5 Å². The van der Waals surface area contributed by atoms with E-state index in [-0.39, 0.29) is 29.4 Å². The number of nitriles is 2. The molecule has 3 atom stereocenters. The van der Waals surface area contributed by atoms with Crippen molar-refractivity contribution in [2.75, 3.05) is 54.9 Å². The second kappa shape index (κ2) is 9.56.